The Labute approximate surface area is 178 Å². The van der Waals surface area contributed by atoms with Crippen LogP contribution >= 0.6 is 11.3 Å². The summed E-state index contributed by atoms with van der Waals surface area (Å²) in [4.78, 5) is 30.7. The largest absolute Gasteiger partial charge is 0.350 e. The van der Waals surface area contributed by atoms with Gasteiger partial charge in [0.05, 0.1) is 15.9 Å². The van der Waals surface area contributed by atoms with Crippen LogP contribution in [0, 0.1) is 0 Å². The van der Waals surface area contributed by atoms with Crippen LogP contribution in [0.3, 0.4) is 0 Å². The molecule has 4 rings (SSSR count). The molecular formula is C22H23N5O2S. The minimum Gasteiger partial charge on any atom is -0.350 e. The zero-order valence-corrected chi connectivity index (χ0v) is 17.7. The van der Waals surface area contributed by atoms with Crippen LogP contribution in [-0.2, 0) is 9.59 Å². The Morgan fingerprint density at radius 1 is 1.23 bits per heavy atom. The number of carbonyl (C=O) groups is 2. The predicted octanol–water partition coefficient (Wildman–Crippen LogP) is 3.76. The molecule has 154 valence electrons. The molecule has 2 heterocycles. The van der Waals surface area contributed by atoms with Crippen LogP contribution in [-0.4, -0.2) is 35.1 Å². The SMILES string of the molecule is C/C(=N/NC(=O)[C@@H](C)Nc1nc2ccccc2s1)c1cccc(N2CCCC2=O)c1. The summed E-state index contributed by atoms with van der Waals surface area (Å²) in [6.07, 6.45) is 1.47. The zero-order valence-electron chi connectivity index (χ0n) is 16.9. The van der Waals surface area contributed by atoms with E-state index >= 15 is 0 Å². The summed E-state index contributed by atoms with van der Waals surface area (Å²) in [6, 6.07) is 15.0. The van der Waals surface area contributed by atoms with Crippen LogP contribution < -0.4 is 15.6 Å². The minimum absolute atomic E-state index is 0.143. The normalized spacial score (nSPS) is 15.5. The number of rotatable bonds is 6. The first-order valence-corrected chi connectivity index (χ1v) is 10.7. The number of amides is 2. The Morgan fingerprint density at radius 3 is 2.83 bits per heavy atom. The number of carbonyl (C=O) groups excluding carboxylic acids is 2. The Kier molecular flexibility index (Phi) is 5.76. The second-order valence-corrected chi connectivity index (χ2v) is 8.26. The van der Waals surface area contributed by atoms with Gasteiger partial charge in [-0.1, -0.05) is 35.6 Å². The number of benzene rings is 2. The highest BCUT2D eigenvalue weighted by molar-refractivity contribution is 7.22. The van der Waals surface area contributed by atoms with Crippen molar-refractivity contribution in [1.82, 2.24) is 10.4 Å². The van der Waals surface area contributed by atoms with Crippen molar-refractivity contribution < 1.29 is 9.59 Å². The van der Waals surface area contributed by atoms with Crippen LogP contribution in [0.4, 0.5) is 10.8 Å². The van der Waals surface area contributed by atoms with Gasteiger partial charge in [0, 0.05) is 18.7 Å². The lowest BCUT2D eigenvalue weighted by Crippen LogP contribution is -2.35. The fraction of sp³-hybridized carbons (Fsp3) is 0.273. The Balaban J connectivity index is 1.39. The third kappa shape index (κ3) is 4.33. The Hall–Kier alpha value is -3.26. The number of hydrogen-bond acceptors (Lipinski definition) is 6. The molecule has 0 aliphatic carbocycles. The first-order chi connectivity index (χ1) is 14.5. The molecule has 1 fully saturated rings. The van der Waals surface area contributed by atoms with Gasteiger partial charge in [0.2, 0.25) is 5.91 Å². The van der Waals surface area contributed by atoms with E-state index < -0.39 is 6.04 Å². The molecule has 1 aliphatic rings. The van der Waals surface area contributed by atoms with Crippen LogP contribution in [0.1, 0.15) is 32.3 Å². The lowest BCUT2D eigenvalue weighted by atomic mass is 10.1. The van der Waals surface area contributed by atoms with E-state index in [1.807, 2.05) is 55.5 Å². The topological polar surface area (TPSA) is 86.7 Å². The highest BCUT2D eigenvalue weighted by atomic mass is 32.1. The maximum absolute atomic E-state index is 12.5. The number of nitrogens with one attached hydrogen (secondary N) is 2. The molecule has 0 bridgehead atoms. The number of nitrogens with zero attached hydrogens (tertiary/aromatic N) is 3. The van der Waals surface area contributed by atoms with Crippen molar-refractivity contribution >= 4 is 49.9 Å². The molecule has 1 atom stereocenters. The maximum atomic E-state index is 12.5. The van der Waals surface area contributed by atoms with Gasteiger partial charge in [0.1, 0.15) is 6.04 Å². The number of fused-ring (bicyclic) bond motifs is 1. The summed E-state index contributed by atoms with van der Waals surface area (Å²) in [5, 5.41) is 8.07. The Bertz CT molecular complexity index is 1090. The number of para-hydroxylation sites is 1. The first-order valence-electron chi connectivity index (χ1n) is 9.88. The van der Waals surface area contributed by atoms with Crippen molar-refractivity contribution in [3.8, 4) is 0 Å². The van der Waals surface area contributed by atoms with E-state index in [9.17, 15) is 9.59 Å². The van der Waals surface area contributed by atoms with Gasteiger partial charge in [-0.25, -0.2) is 10.4 Å². The van der Waals surface area contributed by atoms with E-state index in [1.165, 1.54) is 11.3 Å². The molecule has 8 heteroatoms. The second-order valence-electron chi connectivity index (χ2n) is 7.23. The summed E-state index contributed by atoms with van der Waals surface area (Å²) >= 11 is 1.51. The van der Waals surface area contributed by atoms with Gasteiger partial charge in [-0.05, 0) is 50.1 Å². The molecule has 2 amide bonds. The quantitative estimate of drug-likeness (QED) is 0.469. The molecule has 1 aromatic heterocycles. The summed E-state index contributed by atoms with van der Waals surface area (Å²) < 4.78 is 1.07. The lowest BCUT2D eigenvalue weighted by Gasteiger charge is -2.16. The number of thiazole rings is 1. The predicted molar refractivity (Wildman–Crippen MR) is 121 cm³/mol. The van der Waals surface area contributed by atoms with E-state index in [4.69, 9.17) is 0 Å². The van der Waals surface area contributed by atoms with Crippen molar-refractivity contribution in [3.63, 3.8) is 0 Å². The maximum Gasteiger partial charge on any atom is 0.262 e. The number of hydrazone groups is 1. The van der Waals surface area contributed by atoms with Crippen LogP contribution in [0.2, 0.25) is 0 Å². The fourth-order valence-corrected chi connectivity index (χ4v) is 4.26. The molecule has 1 saturated heterocycles. The van der Waals surface area contributed by atoms with Gasteiger partial charge in [-0.2, -0.15) is 5.10 Å². The summed E-state index contributed by atoms with van der Waals surface area (Å²) in [5.41, 5.74) is 5.91. The lowest BCUT2D eigenvalue weighted by molar-refractivity contribution is -0.121. The van der Waals surface area contributed by atoms with E-state index in [0.717, 1.165) is 34.4 Å². The van der Waals surface area contributed by atoms with Gasteiger partial charge in [-0.15, -0.1) is 0 Å². The van der Waals surface area contributed by atoms with E-state index in [2.05, 4.69) is 20.8 Å². The first kappa shape index (κ1) is 20.0. The molecule has 0 radical (unpaired) electrons. The monoisotopic (exact) mass is 421 g/mol. The van der Waals surface area contributed by atoms with Crippen molar-refractivity contribution in [2.75, 3.05) is 16.8 Å². The van der Waals surface area contributed by atoms with E-state index in [0.29, 0.717) is 17.3 Å². The van der Waals surface area contributed by atoms with Gasteiger partial charge >= 0.3 is 0 Å². The molecule has 0 unspecified atom stereocenters. The van der Waals surface area contributed by atoms with Crippen molar-refractivity contribution in [2.24, 2.45) is 5.10 Å². The highest BCUT2D eigenvalue weighted by Crippen LogP contribution is 2.26. The van der Waals surface area contributed by atoms with Crippen molar-refractivity contribution in [3.05, 3.63) is 54.1 Å². The van der Waals surface area contributed by atoms with Gasteiger partial charge < -0.3 is 10.2 Å². The van der Waals surface area contributed by atoms with Crippen LogP contribution in [0.5, 0.6) is 0 Å². The minimum atomic E-state index is -0.490. The van der Waals surface area contributed by atoms with Gasteiger partial charge in [0.15, 0.2) is 5.13 Å². The average Bonchev–Trinajstić information content (AvgIpc) is 3.37. The molecule has 0 spiro atoms. The van der Waals surface area contributed by atoms with Crippen LogP contribution in [0.25, 0.3) is 10.2 Å². The smallest absolute Gasteiger partial charge is 0.262 e. The number of anilines is 2. The summed E-state index contributed by atoms with van der Waals surface area (Å²) in [7, 11) is 0. The molecule has 3 aromatic rings. The fourth-order valence-electron chi connectivity index (χ4n) is 3.31. The highest BCUT2D eigenvalue weighted by Gasteiger charge is 2.22. The summed E-state index contributed by atoms with van der Waals surface area (Å²) in [5.74, 6) is -0.107. The van der Waals surface area contributed by atoms with Crippen molar-refractivity contribution in [2.45, 2.75) is 32.7 Å². The molecule has 2 aromatic carbocycles. The van der Waals surface area contributed by atoms with E-state index in [-0.39, 0.29) is 11.8 Å². The molecule has 30 heavy (non-hydrogen) atoms. The number of hydrogen-bond donors (Lipinski definition) is 2. The molecule has 2 N–H and O–H groups in total. The third-order valence-electron chi connectivity index (χ3n) is 5.01. The zero-order chi connectivity index (χ0) is 21.1. The molecule has 7 nitrogen and oxygen atoms in total. The number of aromatic nitrogens is 1. The van der Waals surface area contributed by atoms with E-state index in [1.54, 1.807) is 11.8 Å². The second kappa shape index (κ2) is 8.62. The van der Waals surface area contributed by atoms with Crippen LogP contribution in [0.15, 0.2) is 53.6 Å². The molecular weight excluding hydrogens is 398 g/mol. The Morgan fingerprint density at radius 2 is 2.07 bits per heavy atom. The molecule has 0 saturated carbocycles. The standard InChI is InChI=1S/C22H23N5O2S/c1-14(16-7-5-8-17(13-16)27-12-6-11-20(27)28)25-26-21(29)15(2)23-22-24-18-9-3-4-10-19(18)30-22/h3-5,7-10,13,15H,6,11-12H2,1-2H3,(H,23,24)(H,26,29)/b25-14-/t15-/m1/s1. The van der Waals surface area contributed by atoms with Gasteiger partial charge in [-0.3, -0.25) is 9.59 Å². The van der Waals surface area contributed by atoms with Crippen molar-refractivity contribution in [1.29, 1.82) is 0 Å². The average molecular weight is 422 g/mol. The summed E-state index contributed by atoms with van der Waals surface area (Å²) in [6.45, 7) is 4.34. The van der Waals surface area contributed by atoms with Gasteiger partial charge in [0.25, 0.3) is 5.91 Å². The third-order valence-corrected chi connectivity index (χ3v) is 5.98. The molecule has 1 aliphatic heterocycles.